The maximum Gasteiger partial charge on any atom is 0.307 e. The largest absolute Gasteiger partial charge is 0.481 e. The van der Waals surface area contributed by atoms with Crippen molar-refractivity contribution in [3.05, 3.63) is 0 Å². The number of carboxylic acid groups (broad SMARTS) is 3. The third kappa shape index (κ3) is 7.51. The Kier molecular flexibility index (Phi) is 7.49. The van der Waals surface area contributed by atoms with Gasteiger partial charge in [0.1, 0.15) is 0 Å². The first-order chi connectivity index (χ1) is 5.43. The molecule has 0 atom stereocenters. The molecule has 7 heteroatoms. The van der Waals surface area contributed by atoms with Gasteiger partial charge in [0.2, 0.25) is 0 Å². The fraction of sp³-hybridized carbons (Fsp3) is 0.500. The summed E-state index contributed by atoms with van der Waals surface area (Å²) in [5.74, 6) is -5.38. The van der Waals surface area contributed by atoms with Gasteiger partial charge in [-0.3, -0.25) is 14.4 Å². The first kappa shape index (κ1) is 14.7. The third-order valence-electron chi connectivity index (χ3n) is 1.19. The van der Waals surface area contributed by atoms with Crippen molar-refractivity contribution in [3.8, 4) is 0 Å². The third-order valence-corrected chi connectivity index (χ3v) is 1.19. The molecule has 0 fully saturated rings. The minimum absolute atomic E-state index is 0. The Labute approximate surface area is 89.1 Å². The summed E-state index contributed by atoms with van der Waals surface area (Å²) in [6.07, 6.45) is -1.33. The first-order valence-electron chi connectivity index (χ1n) is 3.10. The molecule has 0 unspecified atom stereocenters. The minimum Gasteiger partial charge on any atom is -0.481 e. The minimum atomic E-state index is -1.40. The second kappa shape index (κ2) is 6.64. The van der Waals surface area contributed by atoms with E-state index in [2.05, 4.69) is 0 Å². The fourth-order valence-corrected chi connectivity index (χ4v) is 0.668. The average Bonchev–Trinajstić information content (AvgIpc) is 1.83. The predicted octanol–water partition coefficient (Wildman–Crippen LogP) is -0.366. The van der Waals surface area contributed by atoms with Crippen LogP contribution in [-0.4, -0.2) is 33.2 Å². The van der Waals surface area contributed by atoms with Crippen molar-refractivity contribution in [2.24, 2.45) is 5.92 Å². The molecule has 0 heterocycles. The molecular formula is C6H8AgO6. The van der Waals surface area contributed by atoms with Crippen LogP contribution in [0.15, 0.2) is 0 Å². The Morgan fingerprint density at radius 1 is 0.923 bits per heavy atom. The summed E-state index contributed by atoms with van der Waals surface area (Å²) in [5.41, 5.74) is 0. The molecule has 6 nitrogen and oxygen atoms in total. The molecule has 0 bridgehead atoms. The van der Waals surface area contributed by atoms with Crippen LogP contribution >= 0.6 is 0 Å². The SMILES string of the molecule is O=C(O)CC(CC(=O)O)C(=O)O.[Ag]. The van der Waals surface area contributed by atoms with Crippen molar-refractivity contribution in [2.75, 3.05) is 0 Å². The zero-order chi connectivity index (χ0) is 9.72. The Bertz CT molecular complexity index is 197. The molecule has 0 aliphatic carbocycles. The van der Waals surface area contributed by atoms with Crippen molar-refractivity contribution in [2.45, 2.75) is 12.8 Å². The van der Waals surface area contributed by atoms with Crippen molar-refractivity contribution < 1.29 is 52.1 Å². The van der Waals surface area contributed by atoms with Crippen LogP contribution in [0.1, 0.15) is 12.8 Å². The molecule has 1 radical (unpaired) electrons. The van der Waals surface area contributed by atoms with Crippen molar-refractivity contribution >= 4 is 17.9 Å². The van der Waals surface area contributed by atoms with Gasteiger partial charge in [-0.05, 0) is 0 Å². The fourth-order valence-electron chi connectivity index (χ4n) is 0.668. The van der Waals surface area contributed by atoms with Gasteiger partial charge in [0.15, 0.2) is 0 Å². The van der Waals surface area contributed by atoms with Gasteiger partial charge in [-0.2, -0.15) is 0 Å². The molecule has 0 aromatic rings. The molecule has 0 aliphatic rings. The number of aliphatic carboxylic acids is 3. The first-order valence-corrected chi connectivity index (χ1v) is 3.10. The average molecular weight is 284 g/mol. The van der Waals surface area contributed by atoms with Gasteiger partial charge in [-0.25, -0.2) is 0 Å². The number of hydrogen-bond donors (Lipinski definition) is 3. The zero-order valence-corrected chi connectivity index (χ0v) is 7.84. The van der Waals surface area contributed by atoms with E-state index in [9.17, 15) is 14.4 Å². The second-order valence-corrected chi connectivity index (χ2v) is 2.23. The van der Waals surface area contributed by atoms with Gasteiger partial charge >= 0.3 is 17.9 Å². The Morgan fingerprint density at radius 2 is 1.23 bits per heavy atom. The van der Waals surface area contributed by atoms with E-state index >= 15 is 0 Å². The van der Waals surface area contributed by atoms with Crippen LogP contribution in [0.3, 0.4) is 0 Å². The van der Waals surface area contributed by atoms with E-state index in [-0.39, 0.29) is 22.4 Å². The molecule has 13 heavy (non-hydrogen) atoms. The summed E-state index contributed by atoms with van der Waals surface area (Å²) in [7, 11) is 0. The maximum atomic E-state index is 10.2. The van der Waals surface area contributed by atoms with E-state index in [1.807, 2.05) is 0 Å². The Morgan fingerprint density at radius 3 is 1.38 bits per heavy atom. The molecule has 0 saturated carbocycles. The van der Waals surface area contributed by atoms with E-state index in [1.54, 1.807) is 0 Å². The van der Waals surface area contributed by atoms with E-state index in [4.69, 9.17) is 15.3 Å². The van der Waals surface area contributed by atoms with Gasteiger partial charge < -0.3 is 15.3 Å². The number of carbonyl (C=O) groups is 3. The maximum absolute atomic E-state index is 10.2. The van der Waals surface area contributed by atoms with Gasteiger partial charge in [0.25, 0.3) is 0 Å². The molecule has 3 N–H and O–H groups in total. The predicted molar refractivity (Wildman–Crippen MR) is 35.6 cm³/mol. The van der Waals surface area contributed by atoms with E-state index in [0.717, 1.165) is 0 Å². The Hall–Kier alpha value is -0.850. The normalized spacial score (nSPS) is 9.00. The van der Waals surface area contributed by atoms with Gasteiger partial charge in [0.05, 0.1) is 18.8 Å². The monoisotopic (exact) mass is 283 g/mol. The molecule has 0 spiro atoms. The quantitative estimate of drug-likeness (QED) is 0.594. The van der Waals surface area contributed by atoms with Crippen LogP contribution in [-0.2, 0) is 36.8 Å². The van der Waals surface area contributed by atoms with Gasteiger partial charge in [0, 0.05) is 22.4 Å². The number of carboxylic acids is 3. The van der Waals surface area contributed by atoms with Crippen LogP contribution in [0.2, 0.25) is 0 Å². The topological polar surface area (TPSA) is 112 Å². The summed E-state index contributed by atoms with van der Waals surface area (Å²) in [6, 6.07) is 0. The Balaban J connectivity index is 0. The molecule has 0 aromatic carbocycles. The van der Waals surface area contributed by atoms with Crippen LogP contribution in [0.25, 0.3) is 0 Å². The van der Waals surface area contributed by atoms with Crippen LogP contribution in [0.5, 0.6) is 0 Å². The summed E-state index contributed by atoms with van der Waals surface area (Å²) in [4.78, 5) is 30.3. The molecule has 0 aromatic heterocycles. The summed E-state index contributed by atoms with van der Waals surface area (Å²) in [6.45, 7) is 0. The number of rotatable bonds is 5. The molecule has 0 aliphatic heterocycles. The molecule has 79 valence electrons. The molecule has 0 amide bonds. The molecule has 0 saturated heterocycles. The van der Waals surface area contributed by atoms with Gasteiger partial charge in [-0.1, -0.05) is 0 Å². The standard InChI is InChI=1S/C6H8O6.Ag/c7-4(8)1-3(6(11)12)2-5(9)10;/h3H,1-2H2,(H,7,8)(H,9,10)(H,11,12);. The second-order valence-electron chi connectivity index (χ2n) is 2.23. The van der Waals surface area contributed by atoms with E-state index in [1.165, 1.54) is 0 Å². The number of hydrogen-bond acceptors (Lipinski definition) is 3. The van der Waals surface area contributed by atoms with Crippen molar-refractivity contribution in [3.63, 3.8) is 0 Å². The van der Waals surface area contributed by atoms with Crippen LogP contribution < -0.4 is 0 Å². The van der Waals surface area contributed by atoms with Crippen LogP contribution in [0.4, 0.5) is 0 Å². The smallest absolute Gasteiger partial charge is 0.307 e. The summed E-state index contributed by atoms with van der Waals surface area (Å²) >= 11 is 0. The van der Waals surface area contributed by atoms with Crippen LogP contribution in [0, 0.1) is 5.92 Å². The zero-order valence-electron chi connectivity index (χ0n) is 6.36. The molecular weight excluding hydrogens is 276 g/mol. The van der Waals surface area contributed by atoms with Gasteiger partial charge in [-0.15, -0.1) is 0 Å². The van der Waals surface area contributed by atoms with Crippen molar-refractivity contribution in [1.29, 1.82) is 0 Å². The summed E-state index contributed by atoms with van der Waals surface area (Å²) in [5, 5.41) is 24.7. The van der Waals surface area contributed by atoms with Crippen molar-refractivity contribution in [1.82, 2.24) is 0 Å². The summed E-state index contributed by atoms with van der Waals surface area (Å²) < 4.78 is 0. The molecule has 0 rings (SSSR count). The van der Waals surface area contributed by atoms with E-state index < -0.39 is 36.7 Å². The van der Waals surface area contributed by atoms with E-state index in [0.29, 0.717) is 0 Å².